The summed E-state index contributed by atoms with van der Waals surface area (Å²) in [5.41, 5.74) is -0.0780. The molecule has 1 atom stereocenters. The molecular weight excluding hydrogens is 234 g/mol. The normalized spacial score (nSPS) is 12.0. The highest BCUT2D eigenvalue weighted by Crippen LogP contribution is 2.31. The van der Waals surface area contributed by atoms with Gasteiger partial charge in [-0.15, -0.1) is 0 Å². The maximum atomic E-state index is 11.1. The summed E-state index contributed by atoms with van der Waals surface area (Å²) in [6.07, 6.45) is 2.35. The molecule has 0 saturated heterocycles. The molecule has 1 aromatic heterocycles. The highest BCUT2D eigenvalue weighted by Gasteiger charge is 2.25. The lowest BCUT2D eigenvalue weighted by molar-refractivity contribution is -0.383. The molecule has 0 amide bonds. The summed E-state index contributed by atoms with van der Waals surface area (Å²) in [7, 11) is 3.41. The average molecular weight is 253 g/mol. The second-order valence-corrected chi connectivity index (χ2v) is 4.30. The third-order valence-corrected chi connectivity index (χ3v) is 2.87. The van der Waals surface area contributed by atoms with E-state index in [0.29, 0.717) is 11.7 Å². The van der Waals surface area contributed by atoms with E-state index in [2.05, 4.69) is 29.1 Å². The lowest BCUT2D eigenvalue weighted by Gasteiger charge is -2.21. The van der Waals surface area contributed by atoms with Gasteiger partial charge in [-0.2, -0.15) is 0 Å². The van der Waals surface area contributed by atoms with Crippen molar-refractivity contribution in [1.82, 2.24) is 9.97 Å². The summed E-state index contributed by atoms with van der Waals surface area (Å²) in [5, 5.41) is 13.8. The van der Waals surface area contributed by atoms with Gasteiger partial charge in [0, 0.05) is 20.6 Å². The van der Waals surface area contributed by atoms with Gasteiger partial charge < -0.3 is 10.2 Å². The van der Waals surface area contributed by atoms with Crippen LogP contribution in [0.3, 0.4) is 0 Å². The highest BCUT2D eigenvalue weighted by molar-refractivity contribution is 5.69. The van der Waals surface area contributed by atoms with Crippen LogP contribution < -0.4 is 10.2 Å². The van der Waals surface area contributed by atoms with E-state index < -0.39 is 4.92 Å². The largest absolute Gasteiger partial charge is 0.367 e. The molecule has 7 nitrogen and oxygen atoms in total. The second-order valence-electron chi connectivity index (χ2n) is 4.30. The highest BCUT2D eigenvalue weighted by atomic mass is 16.6. The van der Waals surface area contributed by atoms with Gasteiger partial charge in [0.1, 0.15) is 6.33 Å². The van der Waals surface area contributed by atoms with Crippen molar-refractivity contribution in [3.63, 3.8) is 0 Å². The molecule has 0 aliphatic carbocycles. The van der Waals surface area contributed by atoms with Crippen molar-refractivity contribution in [3.05, 3.63) is 16.4 Å². The van der Waals surface area contributed by atoms with Crippen molar-refractivity contribution in [3.8, 4) is 0 Å². The van der Waals surface area contributed by atoms with Crippen molar-refractivity contribution in [2.75, 3.05) is 30.9 Å². The Hall–Kier alpha value is -1.92. The Morgan fingerprint density at radius 3 is 2.72 bits per heavy atom. The predicted molar refractivity (Wildman–Crippen MR) is 71.0 cm³/mol. The van der Waals surface area contributed by atoms with Gasteiger partial charge in [0.05, 0.1) is 4.92 Å². The van der Waals surface area contributed by atoms with Crippen molar-refractivity contribution in [2.45, 2.75) is 20.3 Å². The predicted octanol–water partition coefficient (Wildman–Crippen LogP) is 1.91. The molecule has 1 unspecified atom stereocenters. The molecule has 0 spiro atoms. The monoisotopic (exact) mass is 253 g/mol. The minimum atomic E-state index is -0.450. The Morgan fingerprint density at radius 1 is 1.56 bits per heavy atom. The molecule has 0 bridgehead atoms. The van der Waals surface area contributed by atoms with Gasteiger partial charge in [0.2, 0.25) is 11.6 Å². The molecule has 0 aliphatic rings. The molecule has 0 aliphatic heterocycles. The zero-order chi connectivity index (χ0) is 13.7. The van der Waals surface area contributed by atoms with Crippen LogP contribution in [-0.2, 0) is 0 Å². The second kappa shape index (κ2) is 6.13. The van der Waals surface area contributed by atoms with Crippen molar-refractivity contribution in [2.24, 2.45) is 5.92 Å². The van der Waals surface area contributed by atoms with Crippen LogP contribution >= 0.6 is 0 Å². The van der Waals surface area contributed by atoms with Gasteiger partial charge in [0.15, 0.2) is 0 Å². The smallest absolute Gasteiger partial charge is 0.353 e. The third kappa shape index (κ3) is 3.06. The van der Waals surface area contributed by atoms with Crippen LogP contribution in [0, 0.1) is 16.0 Å². The summed E-state index contributed by atoms with van der Waals surface area (Å²) in [6.45, 7) is 4.91. The van der Waals surface area contributed by atoms with E-state index >= 15 is 0 Å². The molecule has 1 heterocycles. The maximum absolute atomic E-state index is 11.1. The van der Waals surface area contributed by atoms with Gasteiger partial charge in [-0.3, -0.25) is 10.1 Å². The molecule has 1 rings (SSSR count). The van der Waals surface area contributed by atoms with E-state index in [1.54, 1.807) is 19.0 Å². The van der Waals surface area contributed by atoms with Crippen molar-refractivity contribution >= 4 is 17.3 Å². The molecule has 7 heteroatoms. The molecule has 0 aromatic carbocycles. The molecule has 0 fully saturated rings. The summed E-state index contributed by atoms with van der Waals surface area (Å²) in [6, 6.07) is 0. The van der Waals surface area contributed by atoms with E-state index in [0.717, 1.165) is 13.0 Å². The first kappa shape index (κ1) is 14.1. The Balaban J connectivity index is 3.11. The fraction of sp³-hybridized carbons (Fsp3) is 0.636. The zero-order valence-electron chi connectivity index (χ0n) is 11.2. The summed E-state index contributed by atoms with van der Waals surface area (Å²) >= 11 is 0. The van der Waals surface area contributed by atoms with E-state index in [1.807, 2.05) is 0 Å². The lowest BCUT2D eigenvalue weighted by atomic mass is 10.1. The Morgan fingerprint density at radius 2 is 2.22 bits per heavy atom. The number of anilines is 2. The molecule has 1 aromatic rings. The number of rotatable bonds is 6. The van der Waals surface area contributed by atoms with Gasteiger partial charge in [0.25, 0.3) is 0 Å². The van der Waals surface area contributed by atoms with Crippen LogP contribution in [0.5, 0.6) is 0 Å². The Labute approximate surface area is 106 Å². The lowest BCUT2D eigenvalue weighted by Crippen LogP contribution is -2.25. The summed E-state index contributed by atoms with van der Waals surface area (Å²) in [5.74, 6) is 1.03. The van der Waals surface area contributed by atoms with Crippen LogP contribution in [0.2, 0.25) is 0 Å². The Kier molecular flexibility index (Phi) is 4.82. The molecular formula is C11H19N5O2. The first-order valence-electron chi connectivity index (χ1n) is 5.89. The summed E-state index contributed by atoms with van der Waals surface area (Å²) < 4.78 is 0. The van der Waals surface area contributed by atoms with Crippen LogP contribution in [0.1, 0.15) is 20.3 Å². The van der Waals surface area contributed by atoms with Gasteiger partial charge in [-0.05, 0) is 5.92 Å². The SMILES string of the molecule is CCC(C)CN(C)c1ncnc(NC)c1[N+](=O)[O-]. The molecule has 100 valence electrons. The van der Waals surface area contributed by atoms with Crippen LogP contribution in [0.15, 0.2) is 6.33 Å². The number of hydrogen-bond donors (Lipinski definition) is 1. The fourth-order valence-corrected chi connectivity index (χ4v) is 1.68. The molecule has 1 N–H and O–H groups in total. The zero-order valence-corrected chi connectivity index (χ0v) is 11.2. The fourth-order valence-electron chi connectivity index (χ4n) is 1.68. The van der Waals surface area contributed by atoms with Crippen LogP contribution in [0.25, 0.3) is 0 Å². The van der Waals surface area contributed by atoms with Gasteiger partial charge >= 0.3 is 5.69 Å². The number of hydrogen-bond acceptors (Lipinski definition) is 6. The van der Waals surface area contributed by atoms with E-state index in [9.17, 15) is 10.1 Å². The van der Waals surface area contributed by atoms with Gasteiger partial charge in [-0.1, -0.05) is 20.3 Å². The average Bonchev–Trinajstić information content (AvgIpc) is 2.37. The van der Waals surface area contributed by atoms with E-state index in [-0.39, 0.29) is 11.5 Å². The summed E-state index contributed by atoms with van der Waals surface area (Å²) in [4.78, 5) is 20.4. The minimum Gasteiger partial charge on any atom is -0.367 e. The van der Waals surface area contributed by atoms with Gasteiger partial charge in [-0.25, -0.2) is 9.97 Å². The number of nitro groups is 1. The number of nitrogens with zero attached hydrogens (tertiary/aromatic N) is 4. The first-order chi connectivity index (χ1) is 8.51. The molecule has 0 radical (unpaired) electrons. The van der Waals surface area contributed by atoms with Crippen LogP contribution in [-0.4, -0.2) is 35.5 Å². The quantitative estimate of drug-likeness (QED) is 0.615. The third-order valence-electron chi connectivity index (χ3n) is 2.87. The molecule has 18 heavy (non-hydrogen) atoms. The van der Waals surface area contributed by atoms with E-state index in [1.165, 1.54) is 6.33 Å². The van der Waals surface area contributed by atoms with Crippen molar-refractivity contribution < 1.29 is 4.92 Å². The number of aromatic nitrogens is 2. The van der Waals surface area contributed by atoms with Crippen molar-refractivity contribution in [1.29, 1.82) is 0 Å². The topological polar surface area (TPSA) is 84.2 Å². The number of nitrogens with one attached hydrogen (secondary N) is 1. The maximum Gasteiger partial charge on any atom is 0.353 e. The standard InChI is InChI=1S/C11H19N5O2/c1-5-8(2)6-15(4)11-9(16(17)18)10(12-3)13-7-14-11/h7-8H,5-6H2,1-4H3,(H,12,13,14). The first-order valence-corrected chi connectivity index (χ1v) is 5.89. The molecule has 0 saturated carbocycles. The van der Waals surface area contributed by atoms with E-state index in [4.69, 9.17) is 0 Å². The Bertz CT molecular complexity index is 424. The van der Waals surface area contributed by atoms with Crippen LogP contribution in [0.4, 0.5) is 17.3 Å². The minimum absolute atomic E-state index is 0.0780.